The second-order valence-electron chi connectivity index (χ2n) is 3.48. The van der Waals surface area contributed by atoms with Crippen LogP contribution in [0.5, 0.6) is 11.5 Å². The Kier molecular flexibility index (Phi) is 4.43. The average molecular weight is 209 g/mol. The van der Waals surface area contributed by atoms with Crippen molar-refractivity contribution < 1.29 is 9.47 Å². The first-order chi connectivity index (χ1) is 7.24. The molecule has 0 fully saturated rings. The zero-order chi connectivity index (χ0) is 11.3. The highest BCUT2D eigenvalue weighted by atomic mass is 16.5. The van der Waals surface area contributed by atoms with Gasteiger partial charge in [0.25, 0.3) is 0 Å². The van der Waals surface area contributed by atoms with Gasteiger partial charge >= 0.3 is 0 Å². The summed E-state index contributed by atoms with van der Waals surface area (Å²) in [6.45, 7) is 2.12. The van der Waals surface area contributed by atoms with Gasteiger partial charge in [-0.1, -0.05) is 25.5 Å². The van der Waals surface area contributed by atoms with Crippen LogP contribution in [0.15, 0.2) is 18.2 Å². The molecule has 0 spiro atoms. The fourth-order valence-electron chi connectivity index (χ4n) is 1.67. The van der Waals surface area contributed by atoms with Gasteiger partial charge < -0.3 is 15.2 Å². The van der Waals surface area contributed by atoms with E-state index >= 15 is 0 Å². The predicted molar refractivity (Wildman–Crippen MR) is 61.4 cm³/mol. The smallest absolute Gasteiger partial charge is 0.165 e. The minimum absolute atomic E-state index is 0.0139. The molecule has 0 saturated heterocycles. The second-order valence-corrected chi connectivity index (χ2v) is 3.48. The van der Waals surface area contributed by atoms with Crippen molar-refractivity contribution >= 4 is 0 Å². The van der Waals surface area contributed by atoms with Crippen molar-refractivity contribution in [2.45, 2.75) is 25.8 Å². The molecule has 1 aromatic carbocycles. The molecule has 84 valence electrons. The van der Waals surface area contributed by atoms with Gasteiger partial charge in [-0.3, -0.25) is 0 Å². The number of benzene rings is 1. The van der Waals surface area contributed by atoms with Crippen LogP contribution in [0.4, 0.5) is 0 Å². The molecule has 0 radical (unpaired) electrons. The van der Waals surface area contributed by atoms with Gasteiger partial charge in [0.1, 0.15) is 0 Å². The SMILES string of the molecule is CCC[C@@H](N)c1cccc(OC)c1OC. The molecular formula is C12H19NO2. The normalized spacial score (nSPS) is 12.3. The monoisotopic (exact) mass is 209 g/mol. The maximum absolute atomic E-state index is 6.07. The highest BCUT2D eigenvalue weighted by molar-refractivity contribution is 5.47. The quantitative estimate of drug-likeness (QED) is 0.810. The fourth-order valence-corrected chi connectivity index (χ4v) is 1.67. The second kappa shape index (κ2) is 5.61. The molecule has 3 heteroatoms. The number of methoxy groups -OCH3 is 2. The first-order valence-corrected chi connectivity index (χ1v) is 5.21. The Bertz CT molecular complexity index is 312. The molecule has 0 amide bonds. The van der Waals surface area contributed by atoms with Gasteiger partial charge in [0.2, 0.25) is 0 Å². The van der Waals surface area contributed by atoms with Crippen LogP contribution in [0.2, 0.25) is 0 Å². The van der Waals surface area contributed by atoms with Crippen molar-refractivity contribution in [2.24, 2.45) is 5.73 Å². The van der Waals surface area contributed by atoms with Crippen LogP contribution in [-0.4, -0.2) is 14.2 Å². The summed E-state index contributed by atoms with van der Waals surface area (Å²) in [4.78, 5) is 0. The summed E-state index contributed by atoms with van der Waals surface area (Å²) >= 11 is 0. The Morgan fingerprint density at radius 1 is 1.27 bits per heavy atom. The van der Waals surface area contributed by atoms with Crippen LogP contribution in [0.25, 0.3) is 0 Å². The van der Waals surface area contributed by atoms with E-state index in [9.17, 15) is 0 Å². The van der Waals surface area contributed by atoms with Crippen molar-refractivity contribution in [3.05, 3.63) is 23.8 Å². The first kappa shape index (κ1) is 11.9. The van der Waals surface area contributed by atoms with E-state index in [0.717, 1.165) is 29.9 Å². The Hall–Kier alpha value is -1.22. The molecule has 0 unspecified atom stereocenters. The number of hydrogen-bond acceptors (Lipinski definition) is 3. The van der Waals surface area contributed by atoms with Crippen molar-refractivity contribution in [1.29, 1.82) is 0 Å². The van der Waals surface area contributed by atoms with Gasteiger partial charge in [-0.15, -0.1) is 0 Å². The lowest BCUT2D eigenvalue weighted by atomic mass is 10.0. The summed E-state index contributed by atoms with van der Waals surface area (Å²) in [6, 6.07) is 5.81. The molecule has 0 aliphatic rings. The zero-order valence-electron chi connectivity index (χ0n) is 9.62. The standard InChI is InChI=1S/C12H19NO2/c1-4-6-10(13)9-7-5-8-11(14-2)12(9)15-3/h5,7-8,10H,4,6,13H2,1-3H3/t10-/m1/s1. The van der Waals surface area contributed by atoms with Crippen LogP contribution >= 0.6 is 0 Å². The van der Waals surface area contributed by atoms with Crippen molar-refractivity contribution in [3.8, 4) is 11.5 Å². The Morgan fingerprint density at radius 2 is 2.00 bits per heavy atom. The first-order valence-electron chi connectivity index (χ1n) is 5.21. The topological polar surface area (TPSA) is 44.5 Å². The van der Waals surface area contributed by atoms with Crippen LogP contribution in [0, 0.1) is 0 Å². The Balaban J connectivity index is 3.05. The van der Waals surface area contributed by atoms with Crippen molar-refractivity contribution in [2.75, 3.05) is 14.2 Å². The number of nitrogens with two attached hydrogens (primary N) is 1. The Labute approximate surface area is 91.2 Å². The molecule has 0 saturated carbocycles. The minimum Gasteiger partial charge on any atom is -0.493 e. The summed E-state index contributed by atoms with van der Waals surface area (Å²) in [5, 5.41) is 0. The Morgan fingerprint density at radius 3 is 2.53 bits per heavy atom. The van der Waals surface area contributed by atoms with Gasteiger partial charge in [-0.05, 0) is 12.5 Å². The molecule has 2 N–H and O–H groups in total. The van der Waals surface area contributed by atoms with E-state index in [1.807, 2.05) is 18.2 Å². The summed E-state index contributed by atoms with van der Waals surface area (Å²) < 4.78 is 10.6. The van der Waals surface area contributed by atoms with Gasteiger partial charge in [-0.25, -0.2) is 0 Å². The molecule has 0 bridgehead atoms. The molecule has 0 aliphatic heterocycles. The fraction of sp³-hybridized carbons (Fsp3) is 0.500. The van der Waals surface area contributed by atoms with Gasteiger partial charge in [0.05, 0.1) is 14.2 Å². The van der Waals surface area contributed by atoms with E-state index in [4.69, 9.17) is 15.2 Å². The maximum atomic E-state index is 6.07. The molecule has 0 heterocycles. The maximum Gasteiger partial charge on any atom is 0.165 e. The summed E-state index contributed by atoms with van der Waals surface area (Å²) in [5.41, 5.74) is 7.08. The molecule has 1 rings (SSSR count). The lowest BCUT2D eigenvalue weighted by Crippen LogP contribution is -2.11. The lowest BCUT2D eigenvalue weighted by molar-refractivity contribution is 0.348. The van der Waals surface area contributed by atoms with E-state index < -0.39 is 0 Å². The summed E-state index contributed by atoms with van der Waals surface area (Å²) in [7, 11) is 3.27. The van der Waals surface area contributed by atoms with E-state index in [2.05, 4.69) is 6.92 Å². The molecule has 0 aromatic heterocycles. The van der Waals surface area contributed by atoms with Gasteiger partial charge in [0.15, 0.2) is 11.5 Å². The average Bonchev–Trinajstić information content (AvgIpc) is 2.28. The minimum atomic E-state index is 0.0139. The van der Waals surface area contributed by atoms with Crippen molar-refractivity contribution in [3.63, 3.8) is 0 Å². The molecule has 3 nitrogen and oxygen atoms in total. The summed E-state index contributed by atoms with van der Waals surface area (Å²) in [5.74, 6) is 1.49. The van der Waals surface area contributed by atoms with E-state index in [1.54, 1.807) is 14.2 Å². The number of para-hydroxylation sites is 1. The van der Waals surface area contributed by atoms with Crippen LogP contribution in [0.1, 0.15) is 31.4 Å². The van der Waals surface area contributed by atoms with E-state index in [0.29, 0.717) is 0 Å². The highest BCUT2D eigenvalue weighted by Crippen LogP contribution is 2.34. The van der Waals surface area contributed by atoms with E-state index in [1.165, 1.54) is 0 Å². The van der Waals surface area contributed by atoms with Crippen LogP contribution < -0.4 is 15.2 Å². The predicted octanol–water partition coefficient (Wildman–Crippen LogP) is 2.50. The largest absolute Gasteiger partial charge is 0.493 e. The molecule has 1 atom stereocenters. The van der Waals surface area contributed by atoms with Gasteiger partial charge in [0, 0.05) is 11.6 Å². The van der Waals surface area contributed by atoms with Crippen molar-refractivity contribution in [1.82, 2.24) is 0 Å². The number of ether oxygens (including phenoxy) is 2. The molecule has 1 aromatic rings. The molecular weight excluding hydrogens is 190 g/mol. The van der Waals surface area contributed by atoms with Crippen LogP contribution in [-0.2, 0) is 0 Å². The van der Waals surface area contributed by atoms with Crippen LogP contribution in [0.3, 0.4) is 0 Å². The molecule has 0 aliphatic carbocycles. The third-order valence-electron chi connectivity index (χ3n) is 2.43. The third-order valence-corrected chi connectivity index (χ3v) is 2.43. The zero-order valence-corrected chi connectivity index (χ0v) is 9.62. The third kappa shape index (κ3) is 2.63. The van der Waals surface area contributed by atoms with E-state index in [-0.39, 0.29) is 6.04 Å². The van der Waals surface area contributed by atoms with Gasteiger partial charge in [-0.2, -0.15) is 0 Å². The molecule has 15 heavy (non-hydrogen) atoms. The summed E-state index contributed by atoms with van der Waals surface area (Å²) in [6.07, 6.45) is 2.01. The number of hydrogen-bond donors (Lipinski definition) is 1. The number of rotatable bonds is 5. The highest BCUT2D eigenvalue weighted by Gasteiger charge is 2.14. The lowest BCUT2D eigenvalue weighted by Gasteiger charge is -2.17.